The van der Waals surface area contributed by atoms with Crippen molar-refractivity contribution in [1.82, 2.24) is 14.5 Å². The second kappa shape index (κ2) is 7.72. The van der Waals surface area contributed by atoms with Crippen molar-refractivity contribution in [2.24, 2.45) is 0 Å². The maximum Gasteiger partial charge on any atom is 0.242 e. The number of benzene rings is 1. The van der Waals surface area contributed by atoms with Gasteiger partial charge in [-0.2, -0.15) is 0 Å². The van der Waals surface area contributed by atoms with Gasteiger partial charge in [-0.15, -0.1) is 0 Å². The average molecular weight is 430 g/mol. The van der Waals surface area contributed by atoms with Crippen molar-refractivity contribution in [3.8, 4) is 5.75 Å². The molecule has 0 saturated heterocycles. The third-order valence-electron chi connectivity index (χ3n) is 5.01. The number of hydrogen-bond donors (Lipinski definition) is 0. The van der Waals surface area contributed by atoms with Crippen molar-refractivity contribution in [1.29, 1.82) is 0 Å². The predicted octanol–water partition coefficient (Wildman–Crippen LogP) is 4.39. The molecule has 0 aliphatic rings. The zero-order valence-electron chi connectivity index (χ0n) is 16.3. The molecule has 0 aliphatic carbocycles. The summed E-state index contributed by atoms with van der Waals surface area (Å²) in [5.74, 6) is 0.865. The number of likely N-dealkylation sites (N-methyl/N-ethyl adjacent to an activating group) is 1. The van der Waals surface area contributed by atoms with Gasteiger partial charge in [0.05, 0.1) is 19.3 Å². The van der Waals surface area contributed by atoms with E-state index in [1.807, 2.05) is 50.6 Å². The van der Waals surface area contributed by atoms with E-state index >= 15 is 0 Å². The summed E-state index contributed by atoms with van der Waals surface area (Å²) in [5, 5.41) is 1.12. The monoisotopic (exact) mass is 429 g/mol. The summed E-state index contributed by atoms with van der Waals surface area (Å²) in [6, 6.07) is 8.09. The second-order valence-electron chi connectivity index (χ2n) is 6.80. The minimum atomic E-state index is 0.0343. The number of amides is 1. The van der Waals surface area contributed by atoms with Gasteiger partial charge in [-0.3, -0.25) is 9.78 Å². The van der Waals surface area contributed by atoms with Gasteiger partial charge in [0.15, 0.2) is 0 Å². The molecule has 3 aromatic rings. The Morgan fingerprint density at radius 1 is 1.26 bits per heavy atom. The number of rotatable bonds is 5. The molecule has 1 amide bonds. The van der Waals surface area contributed by atoms with Crippen LogP contribution in [0.5, 0.6) is 5.75 Å². The summed E-state index contributed by atoms with van der Waals surface area (Å²) in [4.78, 5) is 19.1. The van der Waals surface area contributed by atoms with Gasteiger partial charge in [0.25, 0.3) is 0 Å². The number of pyridine rings is 1. The molecular formula is C21H24BrN3O2. The van der Waals surface area contributed by atoms with Gasteiger partial charge >= 0.3 is 0 Å². The topological polar surface area (TPSA) is 47.4 Å². The number of ether oxygens (including phenoxy) is 1. The first-order valence-electron chi connectivity index (χ1n) is 8.81. The van der Waals surface area contributed by atoms with Gasteiger partial charge in [0.1, 0.15) is 12.3 Å². The van der Waals surface area contributed by atoms with Crippen LogP contribution in [0, 0.1) is 20.8 Å². The lowest BCUT2D eigenvalue weighted by Crippen LogP contribution is -2.30. The molecule has 1 aromatic carbocycles. The van der Waals surface area contributed by atoms with E-state index in [0.29, 0.717) is 6.54 Å². The first-order valence-corrected chi connectivity index (χ1v) is 9.60. The van der Waals surface area contributed by atoms with Crippen LogP contribution in [0.25, 0.3) is 10.9 Å². The molecule has 3 rings (SSSR count). The van der Waals surface area contributed by atoms with Crippen molar-refractivity contribution < 1.29 is 9.53 Å². The van der Waals surface area contributed by atoms with Crippen LogP contribution in [-0.4, -0.2) is 34.5 Å². The zero-order valence-corrected chi connectivity index (χ0v) is 17.9. The number of halogens is 1. The molecule has 0 N–H and O–H groups in total. The predicted molar refractivity (Wildman–Crippen MR) is 111 cm³/mol. The van der Waals surface area contributed by atoms with Crippen LogP contribution in [0.2, 0.25) is 0 Å². The van der Waals surface area contributed by atoms with Crippen molar-refractivity contribution in [3.05, 3.63) is 57.4 Å². The summed E-state index contributed by atoms with van der Waals surface area (Å²) in [7, 11) is 3.47. The van der Waals surface area contributed by atoms with Crippen LogP contribution in [0.3, 0.4) is 0 Å². The number of nitrogens with zero attached hydrogens (tertiary/aromatic N) is 3. The smallest absolute Gasteiger partial charge is 0.242 e. The van der Waals surface area contributed by atoms with E-state index in [2.05, 4.69) is 27.0 Å². The number of hydrogen-bond acceptors (Lipinski definition) is 3. The highest BCUT2D eigenvalue weighted by Crippen LogP contribution is 2.30. The number of methoxy groups -OCH3 is 1. The van der Waals surface area contributed by atoms with Gasteiger partial charge in [0, 0.05) is 45.4 Å². The molecule has 142 valence electrons. The fourth-order valence-electron chi connectivity index (χ4n) is 3.39. The highest BCUT2D eigenvalue weighted by molar-refractivity contribution is 9.10. The summed E-state index contributed by atoms with van der Waals surface area (Å²) < 4.78 is 8.55. The molecule has 0 atom stereocenters. The van der Waals surface area contributed by atoms with Crippen LogP contribution in [-0.2, 0) is 17.9 Å². The first-order chi connectivity index (χ1) is 12.8. The summed E-state index contributed by atoms with van der Waals surface area (Å²) in [6.07, 6.45) is 1.79. The number of aromatic nitrogens is 2. The molecule has 0 aliphatic heterocycles. The minimum absolute atomic E-state index is 0.0343. The Hall–Kier alpha value is -2.34. The van der Waals surface area contributed by atoms with Gasteiger partial charge in [-0.05, 0) is 42.8 Å². The van der Waals surface area contributed by atoms with Crippen molar-refractivity contribution in [3.63, 3.8) is 0 Å². The van der Waals surface area contributed by atoms with Crippen LogP contribution in [0.4, 0.5) is 0 Å². The lowest BCUT2D eigenvalue weighted by Gasteiger charge is -2.20. The SMILES string of the molecule is COc1c(C)cnc(CN(C)C(=O)Cn2c(C)c(Br)c3ccccc32)c1C. The minimum Gasteiger partial charge on any atom is -0.496 e. The van der Waals surface area contributed by atoms with Crippen LogP contribution in [0.1, 0.15) is 22.5 Å². The fraction of sp³-hybridized carbons (Fsp3) is 0.333. The quantitative estimate of drug-likeness (QED) is 0.603. The van der Waals surface area contributed by atoms with Gasteiger partial charge in [-0.25, -0.2) is 0 Å². The lowest BCUT2D eigenvalue weighted by molar-refractivity contribution is -0.131. The Bertz CT molecular complexity index is 1010. The Kier molecular flexibility index (Phi) is 5.56. The van der Waals surface area contributed by atoms with E-state index in [9.17, 15) is 4.79 Å². The van der Waals surface area contributed by atoms with Crippen LogP contribution in [0.15, 0.2) is 34.9 Å². The van der Waals surface area contributed by atoms with Crippen LogP contribution < -0.4 is 4.74 Å². The molecule has 0 fully saturated rings. The Morgan fingerprint density at radius 3 is 2.67 bits per heavy atom. The van der Waals surface area contributed by atoms with Crippen LogP contribution >= 0.6 is 15.9 Å². The van der Waals surface area contributed by atoms with Crippen molar-refractivity contribution >= 4 is 32.7 Å². The third-order valence-corrected chi connectivity index (χ3v) is 6.01. The molecule has 2 heterocycles. The number of carbonyl (C=O) groups excluding carboxylic acids is 1. The van der Waals surface area contributed by atoms with Gasteiger partial charge in [-0.1, -0.05) is 18.2 Å². The molecule has 2 aromatic heterocycles. The molecule has 0 bridgehead atoms. The summed E-state index contributed by atoms with van der Waals surface area (Å²) >= 11 is 3.64. The highest BCUT2D eigenvalue weighted by atomic mass is 79.9. The van der Waals surface area contributed by atoms with Crippen molar-refractivity contribution in [2.45, 2.75) is 33.9 Å². The van der Waals surface area contributed by atoms with E-state index in [1.54, 1.807) is 18.2 Å². The van der Waals surface area contributed by atoms with Gasteiger partial charge in [0.2, 0.25) is 5.91 Å². The first kappa shape index (κ1) is 19.4. The zero-order chi connectivity index (χ0) is 19.7. The molecule has 0 radical (unpaired) electrons. The normalized spacial score (nSPS) is 11.0. The van der Waals surface area contributed by atoms with E-state index in [0.717, 1.165) is 43.6 Å². The van der Waals surface area contributed by atoms with Gasteiger partial charge < -0.3 is 14.2 Å². The molecule has 5 nitrogen and oxygen atoms in total. The fourth-order valence-corrected chi connectivity index (χ4v) is 3.94. The highest BCUT2D eigenvalue weighted by Gasteiger charge is 2.18. The Labute approximate surface area is 168 Å². The number of para-hydroxylation sites is 1. The number of aryl methyl sites for hydroxylation is 1. The molecule has 0 spiro atoms. The Morgan fingerprint density at radius 2 is 1.96 bits per heavy atom. The van der Waals surface area contributed by atoms with E-state index in [1.165, 1.54) is 0 Å². The summed E-state index contributed by atoms with van der Waals surface area (Å²) in [6.45, 7) is 6.70. The molecular weight excluding hydrogens is 406 g/mol. The number of carbonyl (C=O) groups is 1. The lowest BCUT2D eigenvalue weighted by atomic mass is 10.1. The molecule has 27 heavy (non-hydrogen) atoms. The largest absolute Gasteiger partial charge is 0.496 e. The molecule has 6 heteroatoms. The molecule has 0 saturated carbocycles. The summed E-state index contributed by atoms with van der Waals surface area (Å²) in [5.41, 5.74) is 4.91. The number of fused-ring (bicyclic) bond motifs is 1. The average Bonchev–Trinajstić information content (AvgIpc) is 2.89. The van der Waals surface area contributed by atoms with E-state index < -0.39 is 0 Å². The Balaban J connectivity index is 1.83. The van der Waals surface area contributed by atoms with Crippen molar-refractivity contribution in [2.75, 3.05) is 14.2 Å². The third kappa shape index (κ3) is 3.58. The second-order valence-corrected chi connectivity index (χ2v) is 7.59. The van der Waals surface area contributed by atoms with E-state index in [-0.39, 0.29) is 12.5 Å². The standard InChI is InChI=1S/C21H24BrN3O2/c1-13-10-23-17(14(2)21(13)27-5)11-24(4)19(26)12-25-15(3)20(22)16-8-6-7-9-18(16)25/h6-10H,11-12H2,1-5H3. The van der Waals surface area contributed by atoms with E-state index in [4.69, 9.17) is 4.74 Å². The maximum absolute atomic E-state index is 12.9. The maximum atomic E-state index is 12.9. The molecule has 0 unspecified atom stereocenters.